The van der Waals surface area contributed by atoms with Crippen LogP contribution in [0.2, 0.25) is 5.02 Å². The van der Waals surface area contributed by atoms with Crippen LogP contribution in [0.4, 0.5) is 5.82 Å². The molecule has 2 fully saturated rings. The van der Waals surface area contributed by atoms with E-state index in [9.17, 15) is 18.3 Å². The molecule has 3 aromatic rings. The van der Waals surface area contributed by atoms with Gasteiger partial charge in [0.2, 0.25) is 15.9 Å². The minimum atomic E-state index is -3.69. The third-order valence-corrected chi connectivity index (χ3v) is 9.43. The van der Waals surface area contributed by atoms with Gasteiger partial charge in [-0.3, -0.25) is 4.79 Å². The van der Waals surface area contributed by atoms with Gasteiger partial charge in [-0.2, -0.15) is 4.31 Å². The number of aromatic nitrogens is 1. The maximum atomic E-state index is 13.2. The summed E-state index contributed by atoms with van der Waals surface area (Å²) < 4.78 is 32.7. The van der Waals surface area contributed by atoms with Crippen LogP contribution in [0, 0.1) is 0 Å². The van der Waals surface area contributed by atoms with Crippen LogP contribution in [0.3, 0.4) is 0 Å². The standard InChI is InChI=1S/C27H28ClN3O5S.H2/c1-36-24-12-9-19(16-22(24)28)27(13-14-27)26(33)30-25-6-2-5-23(29-25)18-7-10-21(11-8-18)37(34,35)31-15-3-4-20(31)17-32;/h2,5-12,16,20,32H,3-4,13-15,17H2,1H3,(H,29,30,33);1H/t20-;/m1./s1. The Hall–Kier alpha value is -2.98. The summed E-state index contributed by atoms with van der Waals surface area (Å²) in [7, 11) is -2.14. The van der Waals surface area contributed by atoms with Gasteiger partial charge in [0.1, 0.15) is 11.6 Å². The molecule has 196 valence electrons. The predicted molar refractivity (Wildman–Crippen MR) is 143 cm³/mol. The Balaban J connectivity index is 0.00000336. The molecule has 2 aliphatic rings. The first-order valence-electron chi connectivity index (χ1n) is 12.1. The summed E-state index contributed by atoms with van der Waals surface area (Å²) in [6.45, 7) is 0.218. The summed E-state index contributed by atoms with van der Waals surface area (Å²) >= 11 is 6.29. The van der Waals surface area contributed by atoms with Gasteiger partial charge >= 0.3 is 0 Å². The van der Waals surface area contributed by atoms with Crippen molar-refractivity contribution in [3.63, 3.8) is 0 Å². The molecule has 5 rings (SSSR count). The Bertz CT molecular complexity index is 1430. The van der Waals surface area contributed by atoms with Gasteiger partial charge < -0.3 is 15.2 Å². The van der Waals surface area contributed by atoms with Crippen LogP contribution in [0.25, 0.3) is 11.3 Å². The number of nitrogens with zero attached hydrogens (tertiary/aromatic N) is 2. The Kier molecular flexibility index (Phi) is 6.97. The molecule has 37 heavy (non-hydrogen) atoms. The lowest BCUT2D eigenvalue weighted by Crippen LogP contribution is -2.37. The number of carbonyl (C=O) groups is 1. The lowest BCUT2D eigenvalue weighted by molar-refractivity contribution is -0.118. The molecule has 2 N–H and O–H groups in total. The number of pyridine rings is 1. The first-order valence-corrected chi connectivity index (χ1v) is 14.0. The summed E-state index contributed by atoms with van der Waals surface area (Å²) in [6.07, 6.45) is 2.82. The highest BCUT2D eigenvalue weighted by atomic mass is 35.5. The molecular formula is C27H30ClN3O5S. The third-order valence-electron chi connectivity index (χ3n) is 7.17. The van der Waals surface area contributed by atoms with Crippen molar-refractivity contribution in [1.82, 2.24) is 9.29 Å². The fourth-order valence-electron chi connectivity index (χ4n) is 4.88. The fraction of sp³-hybridized carbons (Fsp3) is 0.333. The van der Waals surface area contributed by atoms with Crippen LogP contribution < -0.4 is 10.1 Å². The fourth-order valence-corrected chi connectivity index (χ4v) is 6.82. The van der Waals surface area contributed by atoms with Crippen molar-refractivity contribution in [1.29, 1.82) is 0 Å². The summed E-state index contributed by atoms with van der Waals surface area (Å²) in [5, 5.41) is 12.9. The molecule has 1 atom stereocenters. The number of nitrogens with one attached hydrogen (secondary N) is 1. The van der Waals surface area contributed by atoms with E-state index in [1.807, 2.05) is 6.07 Å². The molecule has 1 amide bonds. The number of anilines is 1. The Morgan fingerprint density at radius 2 is 1.97 bits per heavy atom. The number of hydrogen-bond donors (Lipinski definition) is 2. The molecule has 1 aliphatic carbocycles. The molecule has 1 aliphatic heterocycles. The van der Waals surface area contributed by atoms with Crippen LogP contribution in [0.5, 0.6) is 5.75 Å². The number of carbonyl (C=O) groups excluding carboxylic acids is 1. The van der Waals surface area contributed by atoms with Crippen molar-refractivity contribution in [3.8, 4) is 17.0 Å². The number of ether oxygens (including phenoxy) is 1. The summed E-state index contributed by atoms with van der Waals surface area (Å²) in [5.74, 6) is 0.820. The Morgan fingerprint density at radius 1 is 1.22 bits per heavy atom. The maximum Gasteiger partial charge on any atom is 0.243 e. The van der Waals surface area contributed by atoms with Gasteiger partial charge in [-0.25, -0.2) is 13.4 Å². The first kappa shape index (κ1) is 25.7. The third kappa shape index (κ3) is 4.84. The van der Waals surface area contributed by atoms with Gasteiger partial charge in [0.05, 0.1) is 34.7 Å². The molecule has 1 saturated heterocycles. The maximum absolute atomic E-state index is 13.2. The van der Waals surface area contributed by atoms with Gasteiger partial charge in [0.25, 0.3) is 0 Å². The van der Waals surface area contributed by atoms with E-state index in [4.69, 9.17) is 16.3 Å². The molecule has 1 aromatic heterocycles. The summed E-state index contributed by atoms with van der Waals surface area (Å²) in [6, 6.07) is 16.9. The Labute approximate surface area is 222 Å². The van der Waals surface area contributed by atoms with Crippen LogP contribution in [-0.2, 0) is 20.2 Å². The highest BCUT2D eigenvalue weighted by Crippen LogP contribution is 2.50. The number of benzene rings is 2. The minimum absolute atomic E-state index is 0. The second-order valence-corrected chi connectivity index (χ2v) is 11.7. The van der Waals surface area contributed by atoms with E-state index in [1.165, 1.54) is 4.31 Å². The predicted octanol–water partition coefficient (Wildman–Crippen LogP) is 4.47. The van der Waals surface area contributed by atoms with Gasteiger partial charge in [0.15, 0.2) is 0 Å². The van der Waals surface area contributed by atoms with Crippen LogP contribution >= 0.6 is 11.6 Å². The lowest BCUT2D eigenvalue weighted by atomic mass is 9.95. The monoisotopic (exact) mass is 543 g/mol. The van der Waals surface area contributed by atoms with Gasteiger partial charge in [-0.1, -0.05) is 35.9 Å². The topological polar surface area (TPSA) is 109 Å². The number of aliphatic hydroxyl groups excluding tert-OH is 1. The molecule has 10 heteroatoms. The zero-order chi connectivity index (χ0) is 26.2. The molecule has 0 unspecified atom stereocenters. The average molecular weight is 544 g/mol. The second kappa shape index (κ2) is 10.1. The summed E-state index contributed by atoms with van der Waals surface area (Å²) in [4.78, 5) is 18.0. The van der Waals surface area contributed by atoms with Gasteiger partial charge in [0, 0.05) is 19.6 Å². The number of aliphatic hydroxyl groups is 1. The molecule has 2 aromatic carbocycles. The van der Waals surface area contributed by atoms with Crippen molar-refractivity contribution in [2.24, 2.45) is 0 Å². The number of halogens is 1. The van der Waals surface area contributed by atoms with E-state index in [0.717, 1.165) is 17.5 Å². The molecule has 0 bridgehead atoms. The van der Waals surface area contributed by atoms with E-state index in [0.29, 0.717) is 48.1 Å². The largest absolute Gasteiger partial charge is 0.495 e. The van der Waals surface area contributed by atoms with Crippen molar-refractivity contribution >= 4 is 33.3 Å². The molecule has 0 radical (unpaired) electrons. The number of amides is 1. The number of sulfonamides is 1. The summed E-state index contributed by atoms with van der Waals surface area (Å²) in [5.41, 5.74) is 1.52. The highest BCUT2D eigenvalue weighted by molar-refractivity contribution is 7.89. The minimum Gasteiger partial charge on any atom is -0.495 e. The zero-order valence-corrected chi connectivity index (χ0v) is 21.9. The quantitative estimate of drug-likeness (QED) is 0.434. The zero-order valence-electron chi connectivity index (χ0n) is 20.4. The van der Waals surface area contributed by atoms with E-state index >= 15 is 0 Å². The first-order chi connectivity index (χ1) is 17.8. The Morgan fingerprint density at radius 3 is 2.62 bits per heavy atom. The smallest absolute Gasteiger partial charge is 0.243 e. The van der Waals surface area contributed by atoms with E-state index in [-0.39, 0.29) is 24.9 Å². The number of methoxy groups -OCH3 is 1. The normalized spacial score (nSPS) is 18.9. The van der Waals surface area contributed by atoms with Crippen LogP contribution in [0.15, 0.2) is 65.6 Å². The highest BCUT2D eigenvalue weighted by Gasteiger charge is 2.51. The molecular weight excluding hydrogens is 514 g/mol. The molecule has 8 nitrogen and oxygen atoms in total. The second-order valence-electron chi connectivity index (χ2n) is 9.41. The van der Waals surface area contributed by atoms with Crippen molar-refractivity contribution in [2.75, 3.05) is 25.6 Å². The van der Waals surface area contributed by atoms with Crippen LogP contribution in [0.1, 0.15) is 32.7 Å². The molecule has 0 spiro atoms. The molecule has 1 saturated carbocycles. The van der Waals surface area contributed by atoms with E-state index < -0.39 is 15.4 Å². The lowest BCUT2D eigenvalue weighted by Gasteiger charge is -2.22. The van der Waals surface area contributed by atoms with E-state index in [2.05, 4.69) is 10.3 Å². The van der Waals surface area contributed by atoms with Crippen molar-refractivity contribution < 1.29 is 24.5 Å². The van der Waals surface area contributed by atoms with Gasteiger partial charge in [-0.15, -0.1) is 0 Å². The SMILES string of the molecule is COc1ccc(C2(C(=O)Nc3cccc(-c4ccc(S(=O)(=O)N5CCC[C@@H]5CO)cc4)n3)CC2)cc1Cl.[HH]. The van der Waals surface area contributed by atoms with Crippen molar-refractivity contribution in [3.05, 3.63) is 71.2 Å². The van der Waals surface area contributed by atoms with Crippen molar-refractivity contribution in [2.45, 2.75) is 42.0 Å². The van der Waals surface area contributed by atoms with Crippen LogP contribution in [-0.4, -0.2) is 55.0 Å². The average Bonchev–Trinajstić information content (AvgIpc) is 3.58. The number of hydrogen-bond acceptors (Lipinski definition) is 6. The van der Waals surface area contributed by atoms with Gasteiger partial charge in [-0.05, 0) is 67.6 Å². The van der Waals surface area contributed by atoms with E-state index in [1.54, 1.807) is 61.7 Å². The number of rotatable bonds is 8. The molecule has 2 heterocycles.